The molecular weight excluding hydrogens is 522 g/mol. The predicted molar refractivity (Wildman–Crippen MR) is 112 cm³/mol. The van der Waals surface area contributed by atoms with Crippen LogP contribution in [0.25, 0.3) is 0 Å². The Morgan fingerprint density at radius 2 is 1.38 bits per heavy atom. The van der Waals surface area contributed by atoms with Crippen molar-refractivity contribution < 1.29 is 20.0 Å². The fraction of sp³-hybridized carbons (Fsp3) is 0.667. The van der Waals surface area contributed by atoms with Gasteiger partial charge >= 0.3 is 35.1 Å². The maximum atomic E-state index is 6.49. The molecule has 3 nitrogen and oxygen atoms in total. The monoisotopic (exact) mass is 554 g/mol. The topological polar surface area (TPSA) is 15.7 Å². The van der Waals surface area contributed by atoms with Gasteiger partial charge in [0.25, 0.3) is 0 Å². The van der Waals surface area contributed by atoms with Gasteiger partial charge in [-0.05, 0) is 52.1 Å². The van der Waals surface area contributed by atoms with Gasteiger partial charge in [-0.2, -0.15) is 6.07 Å². The van der Waals surface area contributed by atoms with E-state index in [0.717, 1.165) is 18.8 Å². The SMILES string of the molecule is CN(C)Cc1[c-]c(CN(C)C)cc(O[Si](C)(C)C(C)(C)C)c1.[Pd+][I]. The first-order valence-corrected chi connectivity index (χ1v) is 15.6. The molecule has 0 radical (unpaired) electrons. The number of halogens is 1. The minimum atomic E-state index is -1.81. The van der Waals surface area contributed by atoms with Crippen molar-refractivity contribution in [3.63, 3.8) is 0 Å². The minimum absolute atomic E-state index is 0.204. The van der Waals surface area contributed by atoms with Crippen molar-refractivity contribution in [2.75, 3.05) is 28.2 Å². The van der Waals surface area contributed by atoms with Gasteiger partial charge in [0.15, 0.2) is 0 Å². The summed E-state index contributed by atoms with van der Waals surface area (Å²) in [6.45, 7) is 13.2. The van der Waals surface area contributed by atoms with Crippen LogP contribution in [0.1, 0.15) is 31.9 Å². The number of rotatable bonds is 6. The van der Waals surface area contributed by atoms with Crippen molar-refractivity contribution in [1.82, 2.24) is 9.80 Å². The third-order valence-corrected chi connectivity index (χ3v) is 8.46. The molecule has 1 aromatic rings. The summed E-state index contributed by atoms with van der Waals surface area (Å²) in [5, 5.41) is 0.204. The second-order valence-electron chi connectivity index (χ2n) is 8.20. The fourth-order valence-corrected chi connectivity index (χ4v) is 3.04. The van der Waals surface area contributed by atoms with Crippen LogP contribution in [0, 0.1) is 6.07 Å². The van der Waals surface area contributed by atoms with E-state index in [1.807, 2.05) is 19.5 Å². The van der Waals surface area contributed by atoms with Crippen LogP contribution in [0.15, 0.2) is 12.1 Å². The van der Waals surface area contributed by atoms with Crippen LogP contribution >= 0.6 is 19.5 Å². The average molecular weight is 555 g/mol. The Hall–Kier alpha value is 0.549. The second kappa shape index (κ2) is 10.6. The molecule has 142 valence electrons. The van der Waals surface area contributed by atoms with Gasteiger partial charge < -0.3 is 14.2 Å². The van der Waals surface area contributed by atoms with Crippen LogP contribution in [0.5, 0.6) is 5.75 Å². The quantitative estimate of drug-likeness (QED) is 0.283. The van der Waals surface area contributed by atoms with Gasteiger partial charge in [0, 0.05) is 13.1 Å². The molecule has 0 aromatic heterocycles. The molecule has 0 aliphatic rings. The first-order chi connectivity index (χ1) is 10.9. The standard InChI is InChI=1S/C18H33N2OSi.HI.Pd/c1-18(2,3)22(8,9)21-17-11-15(13-19(4)5)10-16(12-17)14-20(6)7;;/h11-12H,13-14H2,1-9H3;1H;/q-1;;+2/p-1. The number of hydrogen-bond acceptors (Lipinski definition) is 3. The van der Waals surface area contributed by atoms with Crippen molar-refractivity contribution in [3.8, 4) is 5.75 Å². The van der Waals surface area contributed by atoms with Crippen molar-refractivity contribution in [2.45, 2.75) is 52.0 Å². The van der Waals surface area contributed by atoms with Crippen LogP contribution in [0.3, 0.4) is 0 Å². The summed E-state index contributed by atoms with van der Waals surface area (Å²) in [6, 6.07) is 7.83. The van der Waals surface area contributed by atoms with E-state index in [0.29, 0.717) is 0 Å². The predicted octanol–water partition coefficient (Wildman–Crippen LogP) is 4.88. The fourth-order valence-electron chi connectivity index (χ4n) is 2.02. The Morgan fingerprint density at radius 3 is 1.67 bits per heavy atom. The first kappa shape index (κ1) is 24.5. The van der Waals surface area contributed by atoms with Crippen molar-refractivity contribution in [3.05, 3.63) is 29.3 Å². The molecule has 1 rings (SSSR count). The van der Waals surface area contributed by atoms with Gasteiger partial charge in [-0.15, -0.1) is 23.3 Å². The summed E-state index contributed by atoms with van der Waals surface area (Å²) in [7, 11) is 6.52. The molecule has 0 fully saturated rings. The molecule has 0 saturated heterocycles. The number of hydrogen-bond donors (Lipinski definition) is 0. The number of nitrogens with zero attached hydrogens (tertiary/aromatic N) is 2. The molecule has 6 heteroatoms. The zero-order valence-electron chi connectivity index (χ0n) is 16.6. The first-order valence-electron chi connectivity index (χ1n) is 8.06. The Kier molecular flexibility index (Phi) is 10.9. The molecule has 0 N–H and O–H groups in total. The van der Waals surface area contributed by atoms with Crippen molar-refractivity contribution in [1.29, 1.82) is 0 Å². The van der Waals surface area contributed by atoms with Crippen LogP contribution in [-0.2, 0) is 28.7 Å². The summed E-state index contributed by atoms with van der Waals surface area (Å²) >= 11 is 4.72. The van der Waals surface area contributed by atoms with Gasteiger partial charge in [0.1, 0.15) is 0 Å². The summed E-state index contributed by atoms with van der Waals surface area (Å²) in [5.74, 6) is 0.999. The van der Waals surface area contributed by atoms with Crippen LogP contribution < -0.4 is 4.43 Å². The molecule has 0 unspecified atom stereocenters. The summed E-state index contributed by atoms with van der Waals surface area (Å²) in [4.78, 5) is 4.34. The van der Waals surface area contributed by atoms with E-state index in [4.69, 9.17) is 4.43 Å². The Labute approximate surface area is 172 Å². The van der Waals surface area contributed by atoms with Crippen molar-refractivity contribution in [2.24, 2.45) is 0 Å². The molecule has 0 spiro atoms. The zero-order chi connectivity index (χ0) is 19.1. The average Bonchev–Trinajstić information content (AvgIpc) is 2.36. The Balaban J connectivity index is 0.00000254. The van der Waals surface area contributed by atoms with E-state index in [1.165, 1.54) is 11.1 Å². The normalized spacial score (nSPS) is 12.2. The van der Waals surface area contributed by atoms with Gasteiger partial charge in [-0.3, -0.25) is 0 Å². The van der Waals surface area contributed by atoms with Crippen LogP contribution in [-0.4, -0.2) is 46.3 Å². The third kappa shape index (κ3) is 8.77. The van der Waals surface area contributed by atoms with Crippen LogP contribution in [0.2, 0.25) is 18.1 Å². The van der Waals surface area contributed by atoms with Gasteiger partial charge in [0.2, 0.25) is 8.32 Å². The Morgan fingerprint density at radius 1 is 1.00 bits per heavy atom. The maximum absolute atomic E-state index is 6.49. The zero-order valence-corrected chi connectivity index (χ0v) is 21.3. The molecule has 0 saturated carbocycles. The molecule has 0 aliphatic carbocycles. The summed E-state index contributed by atoms with van der Waals surface area (Å²) < 4.78 is 6.49. The van der Waals surface area contributed by atoms with E-state index < -0.39 is 8.32 Å². The third-order valence-electron chi connectivity index (χ3n) is 4.11. The number of benzene rings is 1. The molecule has 0 heterocycles. The molecule has 0 aliphatic heterocycles. The molecule has 0 bridgehead atoms. The van der Waals surface area contributed by atoms with E-state index in [2.05, 4.69) is 106 Å². The van der Waals surface area contributed by atoms with E-state index >= 15 is 0 Å². The van der Waals surface area contributed by atoms with Crippen molar-refractivity contribution >= 4 is 27.8 Å². The van der Waals surface area contributed by atoms with Gasteiger partial charge in [0.05, 0.1) is 0 Å². The summed E-state index contributed by atoms with van der Waals surface area (Å²) in [6.07, 6.45) is 0. The molecule has 24 heavy (non-hydrogen) atoms. The van der Waals surface area contributed by atoms with E-state index in [9.17, 15) is 0 Å². The molecular formula is C18H33IN2OPdSi. The molecule has 1 aromatic carbocycles. The van der Waals surface area contributed by atoms with Crippen LogP contribution in [0.4, 0.5) is 0 Å². The Bertz CT molecular complexity index is 474. The van der Waals surface area contributed by atoms with Gasteiger partial charge in [-0.1, -0.05) is 20.8 Å². The molecule has 0 atom stereocenters. The summed E-state index contributed by atoms with van der Waals surface area (Å²) in [5.41, 5.74) is 2.39. The van der Waals surface area contributed by atoms with Gasteiger partial charge in [-0.25, -0.2) is 0 Å². The van der Waals surface area contributed by atoms with E-state index in [1.54, 1.807) is 0 Å². The molecule has 0 amide bonds. The van der Waals surface area contributed by atoms with E-state index in [-0.39, 0.29) is 5.04 Å². The second-order valence-corrected chi connectivity index (χ2v) is 12.9.